The Morgan fingerprint density at radius 1 is 1.25 bits per heavy atom. The highest BCUT2D eigenvalue weighted by molar-refractivity contribution is 14.1. The van der Waals surface area contributed by atoms with Crippen molar-refractivity contribution in [3.05, 3.63) is 56.6 Å². The molecular formula is C16H17ClINO. The summed E-state index contributed by atoms with van der Waals surface area (Å²) >= 11 is 8.54. The molecule has 2 aromatic rings. The molecule has 0 radical (unpaired) electrons. The van der Waals surface area contributed by atoms with Crippen LogP contribution in [0.15, 0.2) is 42.5 Å². The van der Waals surface area contributed by atoms with E-state index in [2.05, 4.69) is 29.5 Å². The Hall–Kier alpha value is -0.780. The van der Waals surface area contributed by atoms with Crippen LogP contribution < -0.4 is 10.5 Å². The zero-order chi connectivity index (χ0) is 14.5. The molecule has 2 nitrogen and oxygen atoms in total. The van der Waals surface area contributed by atoms with Gasteiger partial charge in [0.05, 0.1) is 5.02 Å². The standard InChI is InChI=1S/C16H17ClINO/c1-2-13(19)9-11-5-3-8-15(17)16(11)20-14-7-4-6-12(18)10-14/h3-8,10,13H,2,9,19H2,1H3. The lowest BCUT2D eigenvalue weighted by atomic mass is 10.0. The Kier molecular flexibility index (Phi) is 5.69. The second-order valence-electron chi connectivity index (χ2n) is 4.66. The summed E-state index contributed by atoms with van der Waals surface area (Å²) in [5.41, 5.74) is 7.09. The molecule has 0 amide bonds. The topological polar surface area (TPSA) is 35.2 Å². The Bertz CT molecular complexity index is 588. The summed E-state index contributed by atoms with van der Waals surface area (Å²) in [4.78, 5) is 0. The Balaban J connectivity index is 2.30. The van der Waals surface area contributed by atoms with Gasteiger partial charge in [-0.1, -0.05) is 36.7 Å². The van der Waals surface area contributed by atoms with Crippen molar-refractivity contribution >= 4 is 34.2 Å². The number of ether oxygens (including phenoxy) is 1. The molecule has 2 rings (SSSR count). The van der Waals surface area contributed by atoms with Gasteiger partial charge in [0.1, 0.15) is 11.5 Å². The van der Waals surface area contributed by atoms with Gasteiger partial charge >= 0.3 is 0 Å². The van der Waals surface area contributed by atoms with E-state index in [0.717, 1.165) is 27.7 Å². The maximum absolute atomic E-state index is 6.28. The van der Waals surface area contributed by atoms with Gasteiger partial charge in [-0.05, 0) is 65.3 Å². The largest absolute Gasteiger partial charge is 0.455 e. The molecule has 4 heteroatoms. The van der Waals surface area contributed by atoms with Crippen LogP contribution in [0.1, 0.15) is 18.9 Å². The number of para-hydroxylation sites is 1. The lowest BCUT2D eigenvalue weighted by molar-refractivity contribution is 0.472. The van der Waals surface area contributed by atoms with Gasteiger partial charge in [-0.25, -0.2) is 0 Å². The van der Waals surface area contributed by atoms with Crippen LogP contribution in [0, 0.1) is 3.57 Å². The van der Waals surface area contributed by atoms with E-state index >= 15 is 0 Å². The number of nitrogens with two attached hydrogens (primary N) is 1. The molecular weight excluding hydrogens is 385 g/mol. The van der Waals surface area contributed by atoms with Crippen LogP contribution in [0.4, 0.5) is 0 Å². The van der Waals surface area contributed by atoms with Crippen molar-refractivity contribution in [2.45, 2.75) is 25.8 Å². The third kappa shape index (κ3) is 4.11. The average molecular weight is 402 g/mol. The molecule has 0 aromatic heterocycles. The molecule has 0 fully saturated rings. The van der Waals surface area contributed by atoms with Crippen molar-refractivity contribution in [3.63, 3.8) is 0 Å². The monoisotopic (exact) mass is 401 g/mol. The second kappa shape index (κ2) is 7.29. The molecule has 0 heterocycles. The van der Waals surface area contributed by atoms with E-state index < -0.39 is 0 Å². The van der Waals surface area contributed by atoms with Gasteiger partial charge in [0.15, 0.2) is 0 Å². The maximum atomic E-state index is 6.28. The summed E-state index contributed by atoms with van der Waals surface area (Å²) in [6, 6.07) is 13.8. The highest BCUT2D eigenvalue weighted by atomic mass is 127. The smallest absolute Gasteiger partial charge is 0.149 e. The molecule has 20 heavy (non-hydrogen) atoms. The molecule has 0 aliphatic rings. The average Bonchev–Trinajstić information content (AvgIpc) is 2.42. The minimum atomic E-state index is 0.117. The van der Waals surface area contributed by atoms with E-state index in [0.29, 0.717) is 10.8 Å². The first-order chi connectivity index (χ1) is 9.60. The van der Waals surface area contributed by atoms with Gasteiger partial charge in [0.25, 0.3) is 0 Å². The maximum Gasteiger partial charge on any atom is 0.149 e. The van der Waals surface area contributed by atoms with Crippen molar-refractivity contribution < 1.29 is 4.74 Å². The summed E-state index contributed by atoms with van der Waals surface area (Å²) in [6.45, 7) is 2.08. The van der Waals surface area contributed by atoms with Crippen molar-refractivity contribution in [3.8, 4) is 11.5 Å². The van der Waals surface area contributed by atoms with Crippen molar-refractivity contribution in [1.82, 2.24) is 0 Å². The first kappa shape index (κ1) is 15.6. The molecule has 0 aliphatic carbocycles. The summed E-state index contributed by atoms with van der Waals surface area (Å²) in [5, 5.41) is 0.615. The fraction of sp³-hybridized carbons (Fsp3) is 0.250. The minimum absolute atomic E-state index is 0.117. The van der Waals surface area contributed by atoms with Crippen LogP contribution >= 0.6 is 34.2 Å². The highest BCUT2D eigenvalue weighted by Crippen LogP contribution is 2.34. The molecule has 0 bridgehead atoms. The number of hydrogen-bond donors (Lipinski definition) is 1. The number of hydrogen-bond acceptors (Lipinski definition) is 2. The predicted molar refractivity (Wildman–Crippen MR) is 92.7 cm³/mol. The Labute approximate surface area is 138 Å². The van der Waals surface area contributed by atoms with E-state index in [9.17, 15) is 0 Å². The van der Waals surface area contributed by atoms with Crippen LogP contribution in [0.2, 0.25) is 5.02 Å². The van der Waals surface area contributed by atoms with Crippen LogP contribution in [0.25, 0.3) is 0 Å². The quantitative estimate of drug-likeness (QED) is 0.714. The van der Waals surface area contributed by atoms with Crippen LogP contribution in [0.3, 0.4) is 0 Å². The van der Waals surface area contributed by atoms with Crippen molar-refractivity contribution in [2.75, 3.05) is 0 Å². The molecule has 1 unspecified atom stereocenters. The fourth-order valence-corrected chi connectivity index (χ4v) is 2.65. The summed E-state index contributed by atoms with van der Waals surface area (Å²) < 4.78 is 7.10. The molecule has 1 atom stereocenters. The third-order valence-electron chi connectivity index (χ3n) is 3.07. The molecule has 0 spiro atoms. The molecule has 2 N–H and O–H groups in total. The fourth-order valence-electron chi connectivity index (χ4n) is 1.90. The normalized spacial score (nSPS) is 12.2. The van der Waals surface area contributed by atoms with E-state index in [-0.39, 0.29) is 6.04 Å². The van der Waals surface area contributed by atoms with Crippen LogP contribution in [0.5, 0.6) is 11.5 Å². The van der Waals surface area contributed by atoms with Crippen LogP contribution in [-0.2, 0) is 6.42 Å². The number of rotatable bonds is 5. The lowest BCUT2D eigenvalue weighted by Gasteiger charge is -2.15. The zero-order valence-corrected chi connectivity index (χ0v) is 14.2. The first-order valence-corrected chi connectivity index (χ1v) is 8.02. The molecule has 106 valence electrons. The van der Waals surface area contributed by atoms with Gasteiger partial charge in [-0.15, -0.1) is 0 Å². The van der Waals surface area contributed by atoms with Gasteiger partial charge in [0.2, 0.25) is 0 Å². The second-order valence-corrected chi connectivity index (χ2v) is 6.31. The predicted octanol–water partition coefficient (Wildman–Crippen LogP) is 5.02. The van der Waals surface area contributed by atoms with E-state index in [4.69, 9.17) is 22.1 Å². The summed E-state index contributed by atoms with van der Waals surface area (Å²) in [7, 11) is 0. The summed E-state index contributed by atoms with van der Waals surface area (Å²) in [5.74, 6) is 1.50. The highest BCUT2D eigenvalue weighted by Gasteiger charge is 2.12. The zero-order valence-electron chi connectivity index (χ0n) is 11.3. The Morgan fingerprint density at radius 2 is 2.00 bits per heavy atom. The van der Waals surface area contributed by atoms with Gasteiger partial charge in [-0.2, -0.15) is 0 Å². The van der Waals surface area contributed by atoms with Gasteiger partial charge in [0, 0.05) is 9.61 Å². The van der Waals surface area contributed by atoms with E-state index in [1.165, 1.54) is 0 Å². The van der Waals surface area contributed by atoms with E-state index in [1.54, 1.807) is 0 Å². The molecule has 0 aliphatic heterocycles. The Morgan fingerprint density at radius 3 is 2.70 bits per heavy atom. The van der Waals surface area contributed by atoms with Crippen LogP contribution in [-0.4, -0.2) is 6.04 Å². The van der Waals surface area contributed by atoms with E-state index in [1.807, 2.05) is 42.5 Å². The molecule has 2 aromatic carbocycles. The van der Waals surface area contributed by atoms with Gasteiger partial charge < -0.3 is 10.5 Å². The van der Waals surface area contributed by atoms with Gasteiger partial charge in [-0.3, -0.25) is 0 Å². The number of halogens is 2. The summed E-state index contributed by atoms with van der Waals surface area (Å²) in [6.07, 6.45) is 1.69. The molecule has 0 saturated carbocycles. The third-order valence-corrected chi connectivity index (χ3v) is 4.04. The lowest BCUT2D eigenvalue weighted by Crippen LogP contribution is -2.21. The van der Waals surface area contributed by atoms with Crippen molar-refractivity contribution in [1.29, 1.82) is 0 Å². The minimum Gasteiger partial charge on any atom is -0.455 e. The first-order valence-electron chi connectivity index (χ1n) is 6.56. The van der Waals surface area contributed by atoms with Crippen molar-refractivity contribution in [2.24, 2.45) is 5.73 Å². The SMILES string of the molecule is CCC(N)Cc1cccc(Cl)c1Oc1cccc(I)c1. The molecule has 0 saturated heterocycles. The number of benzene rings is 2.